The van der Waals surface area contributed by atoms with Crippen LogP contribution in [-0.4, -0.2) is 29.8 Å². The molecule has 2 rings (SSSR count). The van der Waals surface area contributed by atoms with Crippen LogP contribution < -0.4 is 10.1 Å². The van der Waals surface area contributed by atoms with E-state index in [0.29, 0.717) is 19.4 Å². The molecule has 1 aliphatic rings. The van der Waals surface area contributed by atoms with Crippen molar-refractivity contribution in [2.24, 2.45) is 0 Å². The zero-order valence-electron chi connectivity index (χ0n) is 13.3. The molecule has 5 heteroatoms. The normalized spacial score (nSPS) is 21.3. The third-order valence-electron chi connectivity index (χ3n) is 3.90. The summed E-state index contributed by atoms with van der Waals surface area (Å²) < 4.78 is 5.36. The van der Waals surface area contributed by atoms with Gasteiger partial charge in [0.25, 0.3) is 5.91 Å². The maximum Gasteiger partial charge on any atom is 0.262 e. The maximum atomic E-state index is 12.2. The van der Waals surface area contributed by atoms with E-state index < -0.39 is 0 Å². The first-order chi connectivity index (χ1) is 11.1. The summed E-state index contributed by atoms with van der Waals surface area (Å²) in [6.45, 7) is 2.51. The zero-order chi connectivity index (χ0) is 16.7. The molecule has 0 spiro atoms. The Hall–Kier alpha value is -2.32. The van der Waals surface area contributed by atoms with Crippen LogP contribution in [0.1, 0.15) is 38.2 Å². The van der Waals surface area contributed by atoms with Gasteiger partial charge in [-0.1, -0.05) is 12.1 Å². The average molecular weight is 314 g/mol. The number of aliphatic hydroxyl groups is 1. The topological polar surface area (TPSA) is 82.3 Å². The van der Waals surface area contributed by atoms with Crippen molar-refractivity contribution >= 4 is 12.0 Å². The molecule has 1 aromatic rings. The van der Waals surface area contributed by atoms with Crippen molar-refractivity contribution in [2.45, 2.75) is 44.8 Å². The number of nitrogens with one attached hydrogen (secondary N) is 1. The molecule has 0 atom stereocenters. The van der Waals surface area contributed by atoms with Gasteiger partial charge in [-0.05, 0) is 56.4 Å². The number of hydrogen-bond acceptors (Lipinski definition) is 4. The quantitative estimate of drug-likeness (QED) is 0.646. The Morgan fingerprint density at radius 3 is 2.57 bits per heavy atom. The lowest BCUT2D eigenvalue weighted by atomic mass is 9.93. The lowest BCUT2D eigenvalue weighted by Crippen LogP contribution is -2.39. The molecule has 23 heavy (non-hydrogen) atoms. The Balaban J connectivity index is 2.00. The number of aliphatic hydroxyl groups excluding tert-OH is 1. The Bertz CT molecular complexity index is 594. The van der Waals surface area contributed by atoms with Crippen molar-refractivity contribution in [1.29, 1.82) is 5.26 Å². The summed E-state index contributed by atoms with van der Waals surface area (Å²) in [6.07, 6.45) is 4.18. The molecule has 0 aliphatic heterocycles. The highest BCUT2D eigenvalue weighted by atomic mass is 16.5. The number of nitriles is 1. The first-order valence-electron chi connectivity index (χ1n) is 7.96. The Kier molecular flexibility index (Phi) is 6.19. The molecule has 0 saturated heterocycles. The lowest BCUT2D eigenvalue weighted by molar-refractivity contribution is -0.118. The van der Waals surface area contributed by atoms with E-state index in [4.69, 9.17) is 4.74 Å². The van der Waals surface area contributed by atoms with Gasteiger partial charge in [0, 0.05) is 6.04 Å². The van der Waals surface area contributed by atoms with Gasteiger partial charge in [0.1, 0.15) is 17.4 Å². The minimum atomic E-state index is -0.359. The number of ether oxygens (including phenoxy) is 1. The Morgan fingerprint density at radius 2 is 2.00 bits per heavy atom. The molecule has 0 aromatic heterocycles. The van der Waals surface area contributed by atoms with Crippen LogP contribution in [0, 0.1) is 11.3 Å². The van der Waals surface area contributed by atoms with Crippen molar-refractivity contribution in [3.63, 3.8) is 0 Å². The van der Waals surface area contributed by atoms with Crippen molar-refractivity contribution in [2.75, 3.05) is 6.61 Å². The number of rotatable bonds is 5. The highest BCUT2D eigenvalue weighted by molar-refractivity contribution is 6.01. The molecule has 1 saturated carbocycles. The zero-order valence-corrected chi connectivity index (χ0v) is 13.3. The molecular formula is C18H22N2O3. The van der Waals surface area contributed by atoms with E-state index in [1.54, 1.807) is 6.08 Å². The summed E-state index contributed by atoms with van der Waals surface area (Å²) in [6, 6.07) is 9.23. The molecule has 1 amide bonds. The van der Waals surface area contributed by atoms with Gasteiger partial charge in [-0.25, -0.2) is 0 Å². The fourth-order valence-electron chi connectivity index (χ4n) is 2.63. The van der Waals surface area contributed by atoms with Crippen LogP contribution in [0.2, 0.25) is 0 Å². The van der Waals surface area contributed by atoms with E-state index in [1.807, 2.05) is 37.3 Å². The molecule has 0 unspecified atom stereocenters. The first-order valence-corrected chi connectivity index (χ1v) is 7.96. The largest absolute Gasteiger partial charge is 0.494 e. The molecule has 0 radical (unpaired) electrons. The smallest absolute Gasteiger partial charge is 0.262 e. The van der Waals surface area contributed by atoms with Gasteiger partial charge in [-0.3, -0.25) is 4.79 Å². The molecular weight excluding hydrogens is 292 g/mol. The first kappa shape index (κ1) is 17.0. The third kappa shape index (κ3) is 5.11. The number of benzene rings is 1. The van der Waals surface area contributed by atoms with Crippen LogP contribution in [0.5, 0.6) is 5.75 Å². The Morgan fingerprint density at radius 1 is 1.35 bits per heavy atom. The second kappa shape index (κ2) is 8.35. The highest BCUT2D eigenvalue weighted by Gasteiger charge is 2.22. The van der Waals surface area contributed by atoms with Crippen LogP contribution in [0.4, 0.5) is 0 Å². The predicted octanol–water partition coefficient (Wildman–Crippen LogP) is 2.41. The van der Waals surface area contributed by atoms with Crippen LogP contribution in [-0.2, 0) is 4.79 Å². The molecule has 1 fully saturated rings. The molecule has 1 aliphatic carbocycles. The second-order valence-corrected chi connectivity index (χ2v) is 5.65. The van der Waals surface area contributed by atoms with Gasteiger partial charge in [0.2, 0.25) is 0 Å². The SMILES string of the molecule is CCOc1ccc(C=C(C#N)C(=O)NC2CCC(O)CC2)cc1. The molecule has 0 heterocycles. The van der Waals surface area contributed by atoms with Crippen LogP contribution >= 0.6 is 0 Å². The van der Waals surface area contributed by atoms with Gasteiger partial charge in [0.15, 0.2) is 0 Å². The monoisotopic (exact) mass is 314 g/mol. The predicted molar refractivity (Wildman–Crippen MR) is 87.6 cm³/mol. The number of amides is 1. The van der Waals surface area contributed by atoms with E-state index in [9.17, 15) is 15.2 Å². The molecule has 5 nitrogen and oxygen atoms in total. The minimum absolute atomic E-state index is 0.0305. The Labute approximate surface area is 136 Å². The molecule has 0 bridgehead atoms. The van der Waals surface area contributed by atoms with Crippen LogP contribution in [0.25, 0.3) is 6.08 Å². The van der Waals surface area contributed by atoms with E-state index in [2.05, 4.69) is 5.32 Å². The maximum absolute atomic E-state index is 12.2. The minimum Gasteiger partial charge on any atom is -0.494 e. The van der Waals surface area contributed by atoms with Crippen molar-refractivity contribution in [3.05, 3.63) is 35.4 Å². The van der Waals surface area contributed by atoms with Gasteiger partial charge < -0.3 is 15.2 Å². The second-order valence-electron chi connectivity index (χ2n) is 5.65. The average Bonchev–Trinajstić information content (AvgIpc) is 2.56. The third-order valence-corrected chi connectivity index (χ3v) is 3.90. The van der Waals surface area contributed by atoms with E-state index in [-0.39, 0.29) is 23.6 Å². The van der Waals surface area contributed by atoms with Crippen LogP contribution in [0.3, 0.4) is 0 Å². The number of hydrogen-bond donors (Lipinski definition) is 2. The summed E-state index contributed by atoms with van der Waals surface area (Å²) >= 11 is 0. The summed E-state index contributed by atoms with van der Waals surface area (Å²) in [5.74, 6) is 0.399. The summed E-state index contributed by atoms with van der Waals surface area (Å²) in [5, 5.41) is 21.6. The van der Waals surface area contributed by atoms with Gasteiger partial charge >= 0.3 is 0 Å². The fraction of sp³-hybridized carbons (Fsp3) is 0.444. The van der Waals surface area contributed by atoms with E-state index in [0.717, 1.165) is 24.2 Å². The van der Waals surface area contributed by atoms with Crippen LogP contribution in [0.15, 0.2) is 29.8 Å². The number of carbonyl (C=O) groups is 1. The van der Waals surface area contributed by atoms with Crippen molar-refractivity contribution < 1.29 is 14.6 Å². The van der Waals surface area contributed by atoms with Crippen molar-refractivity contribution in [1.82, 2.24) is 5.32 Å². The highest BCUT2D eigenvalue weighted by Crippen LogP contribution is 2.19. The van der Waals surface area contributed by atoms with Gasteiger partial charge in [0.05, 0.1) is 12.7 Å². The summed E-state index contributed by atoms with van der Waals surface area (Å²) in [7, 11) is 0. The van der Waals surface area contributed by atoms with E-state index >= 15 is 0 Å². The van der Waals surface area contributed by atoms with Crippen molar-refractivity contribution in [3.8, 4) is 11.8 Å². The van der Waals surface area contributed by atoms with E-state index in [1.165, 1.54) is 0 Å². The summed E-state index contributed by atoms with van der Waals surface area (Å²) in [5.41, 5.74) is 0.861. The lowest BCUT2D eigenvalue weighted by Gasteiger charge is -2.26. The fourth-order valence-corrected chi connectivity index (χ4v) is 2.63. The standard InChI is InChI=1S/C18H22N2O3/c1-2-23-17-9-3-13(4-10-17)11-14(12-19)18(22)20-15-5-7-16(21)8-6-15/h3-4,9-11,15-16,21H,2,5-8H2,1H3,(H,20,22). The molecule has 122 valence electrons. The molecule has 2 N–H and O–H groups in total. The van der Waals surface area contributed by atoms with Gasteiger partial charge in [-0.2, -0.15) is 5.26 Å². The number of carbonyl (C=O) groups excluding carboxylic acids is 1. The summed E-state index contributed by atoms with van der Waals surface area (Å²) in [4.78, 5) is 12.2. The number of nitrogens with zero attached hydrogens (tertiary/aromatic N) is 1. The van der Waals surface area contributed by atoms with Gasteiger partial charge in [-0.15, -0.1) is 0 Å². The molecule has 1 aromatic carbocycles.